The molecule has 1 aromatic carbocycles. The molecule has 0 saturated carbocycles. The Morgan fingerprint density at radius 2 is 1.74 bits per heavy atom. The number of aromatic nitrogens is 5. The van der Waals surface area contributed by atoms with E-state index in [0.29, 0.717) is 28.6 Å². The zero-order valence-electron chi connectivity index (χ0n) is 23.6. The molecule has 1 aliphatic heterocycles. The minimum Gasteiger partial charge on any atom is -0.326 e. The van der Waals surface area contributed by atoms with Gasteiger partial charge in [-0.3, -0.25) is 0 Å². The Morgan fingerprint density at radius 3 is 2.38 bits per heavy atom. The van der Waals surface area contributed by atoms with Crippen LogP contribution >= 0.6 is 0 Å². The van der Waals surface area contributed by atoms with Gasteiger partial charge in [0.2, 0.25) is 5.95 Å². The van der Waals surface area contributed by atoms with Gasteiger partial charge in [-0.1, -0.05) is 26.8 Å². The Balaban J connectivity index is 1.38. The van der Waals surface area contributed by atoms with Crippen molar-refractivity contribution < 1.29 is 8.78 Å². The summed E-state index contributed by atoms with van der Waals surface area (Å²) in [6.45, 7) is 16.1. The highest BCUT2D eigenvalue weighted by atomic mass is 19.1. The molecule has 5 rings (SSSR count). The Kier molecular flexibility index (Phi) is 7.37. The lowest BCUT2D eigenvalue weighted by Gasteiger charge is -2.43. The molecule has 1 saturated heterocycles. The zero-order chi connectivity index (χ0) is 27.9. The summed E-state index contributed by atoms with van der Waals surface area (Å²) in [7, 11) is 0. The predicted octanol–water partition coefficient (Wildman–Crippen LogP) is 7.02. The summed E-state index contributed by atoms with van der Waals surface area (Å²) in [4.78, 5) is 20.0. The molecule has 1 aliphatic rings. The van der Waals surface area contributed by atoms with E-state index in [9.17, 15) is 4.39 Å². The molecule has 0 bridgehead atoms. The second-order valence-corrected chi connectivity index (χ2v) is 11.3. The summed E-state index contributed by atoms with van der Waals surface area (Å²) in [6, 6.07) is 7.06. The third-order valence-electron chi connectivity index (χ3n) is 8.48. The number of hydrogen-bond donors (Lipinski definition) is 1. The molecule has 39 heavy (non-hydrogen) atoms. The van der Waals surface area contributed by atoms with Crippen LogP contribution in [0.3, 0.4) is 0 Å². The quantitative estimate of drug-likeness (QED) is 0.275. The van der Waals surface area contributed by atoms with Crippen molar-refractivity contribution >= 4 is 22.8 Å². The number of hydrogen-bond acceptors (Lipinski definition) is 6. The van der Waals surface area contributed by atoms with Crippen molar-refractivity contribution in [1.82, 2.24) is 29.4 Å². The number of halogens is 2. The Morgan fingerprint density at radius 1 is 1.00 bits per heavy atom. The molecule has 3 aromatic heterocycles. The first kappa shape index (κ1) is 27.1. The highest BCUT2D eigenvalue weighted by molar-refractivity contribution is 5.83. The Bertz CT molecular complexity index is 1470. The van der Waals surface area contributed by atoms with E-state index in [4.69, 9.17) is 0 Å². The number of benzene rings is 1. The average molecular weight is 534 g/mol. The Labute approximate surface area is 228 Å². The van der Waals surface area contributed by atoms with Crippen LogP contribution in [0.1, 0.15) is 70.8 Å². The van der Waals surface area contributed by atoms with Gasteiger partial charge in [0.1, 0.15) is 22.9 Å². The van der Waals surface area contributed by atoms with Crippen LogP contribution in [-0.4, -0.2) is 49.0 Å². The third-order valence-corrected chi connectivity index (χ3v) is 8.48. The predicted molar refractivity (Wildman–Crippen MR) is 151 cm³/mol. The lowest BCUT2D eigenvalue weighted by atomic mass is 9.69. The van der Waals surface area contributed by atoms with Gasteiger partial charge in [-0.05, 0) is 88.3 Å². The molecule has 0 radical (unpaired) electrons. The van der Waals surface area contributed by atoms with Crippen LogP contribution in [0.2, 0.25) is 0 Å². The van der Waals surface area contributed by atoms with Gasteiger partial charge in [-0.2, -0.15) is 0 Å². The maximum absolute atomic E-state index is 15.0. The van der Waals surface area contributed by atoms with Crippen molar-refractivity contribution in [3.8, 4) is 11.3 Å². The van der Waals surface area contributed by atoms with Gasteiger partial charge in [0.25, 0.3) is 0 Å². The fourth-order valence-electron chi connectivity index (χ4n) is 5.75. The number of nitrogens with one attached hydrogen (secondary N) is 1. The first-order valence-corrected chi connectivity index (χ1v) is 13.8. The standard InChI is InChI=1S/C30H37F2N7/c1-7-38-12-10-30(6,11-13-38)19(4)21-8-9-26(33-16-21)36-29-34-17-24(32)27(37-29)22-14-23(31)28-25(15-22)39(18(2)3)20(5)35-28/h8-9,14-19H,7,10-13H2,1-6H3,(H,33,34,36,37)/t19-/m0/s1. The van der Waals surface area contributed by atoms with E-state index in [0.717, 1.165) is 38.7 Å². The van der Waals surface area contributed by atoms with E-state index in [1.165, 1.54) is 11.6 Å². The summed E-state index contributed by atoms with van der Waals surface area (Å²) in [5.74, 6) is 0.673. The average Bonchev–Trinajstić information content (AvgIpc) is 3.27. The van der Waals surface area contributed by atoms with Crippen LogP contribution in [0, 0.1) is 24.0 Å². The molecule has 0 spiro atoms. The van der Waals surface area contributed by atoms with Crippen molar-refractivity contribution in [1.29, 1.82) is 0 Å². The number of rotatable bonds is 7. The maximum atomic E-state index is 15.0. The van der Waals surface area contributed by atoms with Gasteiger partial charge in [-0.15, -0.1) is 0 Å². The molecular weight excluding hydrogens is 496 g/mol. The van der Waals surface area contributed by atoms with E-state index >= 15 is 4.39 Å². The van der Waals surface area contributed by atoms with Crippen molar-refractivity contribution in [2.24, 2.45) is 5.41 Å². The first-order valence-electron chi connectivity index (χ1n) is 13.8. The molecule has 7 nitrogen and oxygen atoms in total. The van der Waals surface area contributed by atoms with Gasteiger partial charge in [0, 0.05) is 17.8 Å². The maximum Gasteiger partial charge on any atom is 0.229 e. The number of aryl methyl sites for hydroxylation is 1. The summed E-state index contributed by atoms with van der Waals surface area (Å²) >= 11 is 0. The number of anilines is 2. The van der Waals surface area contributed by atoms with Gasteiger partial charge >= 0.3 is 0 Å². The minimum atomic E-state index is -0.633. The fraction of sp³-hybridized carbons (Fsp3) is 0.467. The summed E-state index contributed by atoms with van der Waals surface area (Å²) in [5, 5.41) is 3.08. The SMILES string of the molecule is CCN1CCC(C)([C@@H](C)c2ccc(Nc3ncc(F)c(-c4cc(F)c5nc(C)n(C(C)C)c5c4)n3)nc2)CC1. The lowest BCUT2D eigenvalue weighted by molar-refractivity contribution is 0.102. The van der Waals surface area contributed by atoms with E-state index in [2.05, 4.69) is 57.0 Å². The molecule has 1 N–H and O–H groups in total. The van der Waals surface area contributed by atoms with Crippen LogP contribution in [0.15, 0.2) is 36.7 Å². The topological polar surface area (TPSA) is 71.8 Å². The number of pyridine rings is 1. The molecule has 0 unspecified atom stereocenters. The third kappa shape index (κ3) is 5.24. The monoisotopic (exact) mass is 533 g/mol. The largest absolute Gasteiger partial charge is 0.326 e. The Hall–Kier alpha value is -3.46. The molecule has 4 aromatic rings. The minimum absolute atomic E-state index is 0.0130. The summed E-state index contributed by atoms with van der Waals surface area (Å²) in [5.41, 5.74) is 2.63. The molecular formula is C30H37F2N7. The van der Waals surface area contributed by atoms with Gasteiger partial charge < -0.3 is 14.8 Å². The molecule has 0 aliphatic carbocycles. The second-order valence-electron chi connectivity index (χ2n) is 11.3. The lowest BCUT2D eigenvalue weighted by Crippen LogP contribution is -2.40. The van der Waals surface area contributed by atoms with Crippen LogP contribution in [-0.2, 0) is 0 Å². The smallest absolute Gasteiger partial charge is 0.229 e. The van der Waals surface area contributed by atoms with Crippen LogP contribution in [0.5, 0.6) is 0 Å². The molecule has 1 atom stereocenters. The van der Waals surface area contributed by atoms with Gasteiger partial charge in [-0.25, -0.2) is 28.7 Å². The van der Waals surface area contributed by atoms with E-state index in [1.807, 2.05) is 37.6 Å². The zero-order valence-corrected chi connectivity index (χ0v) is 23.6. The number of likely N-dealkylation sites (tertiary alicyclic amines) is 1. The van der Waals surface area contributed by atoms with Gasteiger partial charge in [0.15, 0.2) is 11.6 Å². The van der Waals surface area contributed by atoms with Crippen molar-refractivity contribution in [2.45, 2.75) is 66.3 Å². The highest BCUT2D eigenvalue weighted by Crippen LogP contribution is 2.43. The second kappa shape index (κ2) is 10.6. The first-order chi connectivity index (χ1) is 18.6. The molecule has 4 heterocycles. The van der Waals surface area contributed by atoms with Gasteiger partial charge in [0.05, 0.1) is 11.7 Å². The normalized spacial score (nSPS) is 16.6. The van der Waals surface area contributed by atoms with Crippen molar-refractivity contribution in [3.05, 3.63) is 59.7 Å². The van der Waals surface area contributed by atoms with E-state index in [1.54, 1.807) is 6.07 Å². The van der Waals surface area contributed by atoms with E-state index < -0.39 is 11.6 Å². The fourth-order valence-corrected chi connectivity index (χ4v) is 5.75. The highest BCUT2D eigenvalue weighted by Gasteiger charge is 2.35. The van der Waals surface area contributed by atoms with Crippen LogP contribution < -0.4 is 5.32 Å². The number of nitrogens with zero attached hydrogens (tertiary/aromatic N) is 6. The number of fused-ring (bicyclic) bond motifs is 1. The molecule has 0 amide bonds. The molecule has 206 valence electrons. The van der Waals surface area contributed by atoms with Crippen LogP contribution in [0.25, 0.3) is 22.3 Å². The van der Waals surface area contributed by atoms with Crippen LogP contribution in [0.4, 0.5) is 20.5 Å². The summed E-state index contributed by atoms with van der Waals surface area (Å²) in [6.07, 6.45) is 5.32. The summed E-state index contributed by atoms with van der Waals surface area (Å²) < 4.78 is 31.8. The van der Waals surface area contributed by atoms with Crippen molar-refractivity contribution in [2.75, 3.05) is 25.0 Å². The number of piperidine rings is 1. The molecule has 1 fully saturated rings. The van der Waals surface area contributed by atoms with E-state index in [-0.39, 0.29) is 28.6 Å². The molecule has 9 heteroatoms. The number of imidazole rings is 1. The van der Waals surface area contributed by atoms with Crippen molar-refractivity contribution in [3.63, 3.8) is 0 Å².